The van der Waals surface area contributed by atoms with Crippen LogP contribution in [-0.2, 0) is 10.0 Å². The zero-order valence-electron chi connectivity index (χ0n) is 10.8. The van der Waals surface area contributed by atoms with Crippen LogP contribution in [0.2, 0.25) is 0 Å². The van der Waals surface area contributed by atoms with Crippen molar-refractivity contribution in [3.05, 3.63) is 36.4 Å². The predicted molar refractivity (Wildman–Crippen MR) is 72.4 cm³/mol. The molecule has 0 aliphatic rings. The van der Waals surface area contributed by atoms with Crippen molar-refractivity contribution in [3.8, 4) is 5.75 Å². The fourth-order valence-electron chi connectivity index (χ4n) is 1.49. The molecule has 0 aromatic heterocycles. The lowest BCUT2D eigenvalue weighted by molar-refractivity contribution is 0.337. The maximum atomic E-state index is 11.9. The number of nitrogens with one attached hydrogen (secondary N) is 1. The van der Waals surface area contributed by atoms with Crippen LogP contribution in [0.15, 0.2) is 35.7 Å². The Kier molecular flexibility index (Phi) is 5.37. The summed E-state index contributed by atoms with van der Waals surface area (Å²) in [4.78, 5) is 0.257. The second-order valence-corrected chi connectivity index (χ2v) is 5.60. The summed E-state index contributed by atoms with van der Waals surface area (Å²) in [5, 5.41) is 0. The van der Waals surface area contributed by atoms with Gasteiger partial charge in [0.15, 0.2) is 0 Å². The van der Waals surface area contributed by atoms with E-state index < -0.39 is 10.0 Å². The average molecular weight is 269 g/mol. The van der Waals surface area contributed by atoms with Crippen LogP contribution in [0.3, 0.4) is 0 Å². The van der Waals surface area contributed by atoms with Crippen molar-refractivity contribution in [2.24, 2.45) is 0 Å². The van der Waals surface area contributed by atoms with Gasteiger partial charge in [0.25, 0.3) is 0 Å². The van der Waals surface area contributed by atoms with E-state index in [1.165, 1.54) is 0 Å². The molecule has 0 bridgehead atoms. The minimum Gasteiger partial charge on any atom is -0.494 e. The molecule has 0 amide bonds. The molecule has 0 heterocycles. The highest BCUT2D eigenvalue weighted by atomic mass is 32.2. The molecule has 4 nitrogen and oxygen atoms in total. The Hall–Kier alpha value is -1.33. The molecule has 18 heavy (non-hydrogen) atoms. The van der Waals surface area contributed by atoms with Crippen molar-refractivity contribution in [2.75, 3.05) is 13.2 Å². The Morgan fingerprint density at radius 2 is 2.17 bits per heavy atom. The Balaban J connectivity index is 2.89. The van der Waals surface area contributed by atoms with Gasteiger partial charge in [-0.1, -0.05) is 6.08 Å². The monoisotopic (exact) mass is 269 g/mol. The van der Waals surface area contributed by atoms with Gasteiger partial charge in [-0.05, 0) is 44.0 Å². The quantitative estimate of drug-likeness (QED) is 0.610. The van der Waals surface area contributed by atoms with Crippen molar-refractivity contribution in [1.82, 2.24) is 4.72 Å². The number of hydrogen-bond donors (Lipinski definition) is 1. The summed E-state index contributed by atoms with van der Waals surface area (Å²) in [6.45, 7) is 8.18. The van der Waals surface area contributed by atoms with E-state index >= 15 is 0 Å². The Bertz CT molecular complexity index is 509. The molecule has 0 aliphatic carbocycles. The topological polar surface area (TPSA) is 55.4 Å². The van der Waals surface area contributed by atoms with Crippen molar-refractivity contribution in [2.45, 2.75) is 25.2 Å². The fraction of sp³-hybridized carbons (Fsp3) is 0.385. The van der Waals surface area contributed by atoms with Gasteiger partial charge < -0.3 is 4.74 Å². The van der Waals surface area contributed by atoms with Crippen molar-refractivity contribution in [1.29, 1.82) is 0 Å². The van der Waals surface area contributed by atoms with Gasteiger partial charge in [0.2, 0.25) is 10.0 Å². The average Bonchev–Trinajstić information content (AvgIpc) is 2.32. The number of aryl methyl sites for hydroxylation is 1. The normalized spacial score (nSPS) is 11.2. The highest BCUT2D eigenvalue weighted by molar-refractivity contribution is 7.89. The fourth-order valence-corrected chi connectivity index (χ4v) is 2.62. The molecular formula is C13H19NO3S. The first-order valence-electron chi connectivity index (χ1n) is 5.85. The van der Waals surface area contributed by atoms with Crippen LogP contribution in [0.4, 0.5) is 0 Å². The van der Waals surface area contributed by atoms with Crippen LogP contribution in [-0.4, -0.2) is 21.6 Å². The van der Waals surface area contributed by atoms with Crippen molar-refractivity contribution >= 4 is 10.0 Å². The molecule has 0 saturated carbocycles. The lowest BCUT2D eigenvalue weighted by atomic mass is 10.2. The molecule has 0 radical (unpaired) electrons. The molecule has 0 aliphatic heterocycles. The van der Waals surface area contributed by atoms with E-state index in [1.54, 1.807) is 24.3 Å². The molecule has 0 atom stereocenters. The van der Waals surface area contributed by atoms with Crippen LogP contribution in [0, 0.1) is 6.92 Å². The van der Waals surface area contributed by atoms with Crippen LogP contribution in [0.5, 0.6) is 5.75 Å². The SMILES string of the molecule is C=CCCNS(=O)(=O)c1ccc(OCC)c(C)c1. The lowest BCUT2D eigenvalue weighted by Crippen LogP contribution is -2.24. The molecule has 1 rings (SSSR count). The van der Waals surface area contributed by atoms with E-state index in [4.69, 9.17) is 4.74 Å². The molecule has 0 fully saturated rings. The lowest BCUT2D eigenvalue weighted by Gasteiger charge is -2.10. The summed E-state index contributed by atoms with van der Waals surface area (Å²) in [7, 11) is -3.44. The third-order valence-electron chi connectivity index (χ3n) is 2.40. The van der Waals surface area contributed by atoms with Gasteiger partial charge in [-0.3, -0.25) is 0 Å². The summed E-state index contributed by atoms with van der Waals surface area (Å²) in [6, 6.07) is 4.84. The minimum atomic E-state index is -3.44. The van der Waals surface area contributed by atoms with Crippen molar-refractivity contribution < 1.29 is 13.2 Å². The first-order chi connectivity index (χ1) is 8.51. The zero-order chi connectivity index (χ0) is 13.6. The molecule has 1 aromatic carbocycles. The Labute approximate surface area is 109 Å². The van der Waals surface area contributed by atoms with E-state index in [9.17, 15) is 8.42 Å². The highest BCUT2D eigenvalue weighted by Crippen LogP contribution is 2.21. The number of benzene rings is 1. The molecular weight excluding hydrogens is 250 g/mol. The second-order valence-electron chi connectivity index (χ2n) is 3.84. The van der Waals surface area contributed by atoms with Gasteiger partial charge in [0.1, 0.15) is 5.75 Å². The molecule has 100 valence electrons. The van der Waals surface area contributed by atoms with Gasteiger partial charge in [-0.15, -0.1) is 6.58 Å². The van der Waals surface area contributed by atoms with E-state index in [0.717, 1.165) is 5.56 Å². The van der Waals surface area contributed by atoms with Gasteiger partial charge in [0, 0.05) is 6.54 Å². The second kappa shape index (κ2) is 6.56. The molecule has 0 saturated heterocycles. The van der Waals surface area contributed by atoms with Crippen LogP contribution < -0.4 is 9.46 Å². The first kappa shape index (κ1) is 14.7. The Morgan fingerprint density at radius 3 is 2.72 bits per heavy atom. The summed E-state index contributed by atoms with van der Waals surface area (Å²) >= 11 is 0. The highest BCUT2D eigenvalue weighted by Gasteiger charge is 2.14. The first-order valence-corrected chi connectivity index (χ1v) is 7.33. The third kappa shape index (κ3) is 3.85. The molecule has 0 unspecified atom stereocenters. The molecule has 1 N–H and O–H groups in total. The van der Waals surface area contributed by atoms with Crippen LogP contribution in [0.1, 0.15) is 18.9 Å². The summed E-state index contributed by atoms with van der Waals surface area (Å²) < 4.78 is 31.8. The van der Waals surface area contributed by atoms with Gasteiger partial charge >= 0.3 is 0 Å². The Morgan fingerprint density at radius 1 is 1.44 bits per heavy atom. The molecule has 0 spiro atoms. The number of ether oxygens (including phenoxy) is 1. The number of hydrogen-bond acceptors (Lipinski definition) is 3. The van der Waals surface area contributed by atoms with E-state index in [2.05, 4.69) is 11.3 Å². The summed E-state index contributed by atoms with van der Waals surface area (Å²) in [5.74, 6) is 0.711. The maximum Gasteiger partial charge on any atom is 0.240 e. The third-order valence-corrected chi connectivity index (χ3v) is 3.86. The van der Waals surface area contributed by atoms with E-state index in [-0.39, 0.29) is 4.90 Å². The van der Waals surface area contributed by atoms with Crippen LogP contribution >= 0.6 is 0 Å². The smallest absolute Gasteiger partial charge is 0.240 e. The van der Waals surface area contributed by atoms with Gasteiger partial charge in [-0.2, -0.15) is 0 Å². The molecule has 1 aromatic rings. The predicted octanol–water partition coefficient (Wildman–Crippen LogP) is 2.25. The zero-order valence-corrected chi connectivity index (χ0v) is 11.6. The standard InChI is InChI=1S/C13H19NO3S/c1-4-6-9-14-18(15,16)12-7-8-13(17-5-2)11(3)10-12/h4,7-8,10,14H,1,5-6,9H2,2-3H3. The van der Waals surface area contributed by atoms with Crippen molar-refractivity contribution in [3.63, 3.8) is 0 Å². The molecule has 5 heteroatoms. The number of rotatable bonds is 7. The van der Waals surface area contributed by atoms with Crippen LogP contribution in [0.25, 0.3) is 0 Å². The summed E-state index contributed by atoms with van der Waals surface area (Å²) in [6.07, 6.45) is 2.28. The van der Waals surface area contributed by atoms with Gasteiger partial charge in [0.05, 0.1) is 11.5 Å². The van der Waals surface area contributed by atoms with E-state index in [0.29, 0.717) is 25.3 Å². The summed E-state index contributed by atoms with van der Waals surface area (Å²) in [5.41, 5.74) is 0.809. The number of sulfonamides is 1. The minimum absolute atomic E-state index is 0.257. The van der Waals surface area contributed by atoms with Gasteiger partial charge in [-0.25, -0.2) is 13.1 Å². The maximum absolute atomic E-state index is 11.9. The largest absolute Gasteiger partial charge is 0.494 e. The van der Waals surface area contributed by atoms with E-state index in [1.807, 2.05) is 13.8 Å².